The van der Waals surface area contributed by atoms with E-state index in [1.54, 1.807) is 0 Å². The first-order valence-corrected chi connectivity index (χ1v) is 6.33. The highest BCUT2D eigenvalue weighted by Crippen LogP contribution is 2.18. The molecule has 0 spiro atoms. The van der Waals surface area contributed by atoms with Crippen molar-refractivity contribution in [1.29, 1.82) is 0 Å². The summed E-state index contributed by atoms with van der Waals surface area (Å²) in [5.41, 5.74) is -0.527. The van der Waals surface area contributed by atoms with Crippen molar-refractivity contribution in [3.63, 3.8) is 0 Å². The van der Waals surface area contributed by atoms with Gasteiger partial charge < -0.3 is 10.1 Å². The highest BCUT2D eigenvalue weighted by molar-refractivity contribution is 6.19. The van der Waals surface area contributed by atoms with E-state index in [4.69, 9.17) is 16.3 Å². The molecule has 0 rings (SSSR count). The zero-order valence-corrected chi connectivity index (χ0v) is 11.7. The average molecular weight is 250 g/mol. The monoisotopic (exact) mass is 249 g/mol. The maximum absolute atomic E-state index is 11.9. The van der Waals surface area contributed by atoms with Crippen LogP contribution in [0.25, 0.3) is 0 Å². The van der Waals surface area contributed by atoms with E-state index in [2.05, 4.69) is 19.2 Å². The van der Waals surface area contributed by atoms with Crippen LogP contribution in [0.2, 0.25) is 0 Å². The normalized spacial score (nSPS) is 13.9. The van der Waals surface area contributed by atoms with Gasteiger partial charge in [-0.15, -0.1) is 11.6 Å². The van der Waals surface area contributed by atoms with Crippen molar-refractivity contribution in [3.8, 4) is 0 Å². The Morgan fingerprint density at radius 2 is 2.00 bits per heavy atom. The highest BCUT2D eigenvalue weighted by atomic mass is 35.5. The van der Waals surface area contributed by atoms with Gasteiger partial charge in [-0.1, -0.05) is 13.8 Å². The van der Waals surface area contributed by atoms with E-state index in [9.17, 15) is 4.79 Å². The van der Waals surface area contributed by atoms with Crippen LogP contribution in [0.1, 0.15) is 34.6 Å². The second-order valence-electron chi connectivity index (χ2n) is 5.00. The van der Waals surface area contributed by atoms with Gasteiger partial charge in [0.2, 0.25) is 5.91 Å². The van der Waals surface area contributed by atoms with Crippen molar-refractivity contribution >= 4 is 17.5 Å². The summed E-state index contributed by atoms with van der Waals surface area (Å²) in [5, 5.41) is 2.99. The molecule has 1 amide bonds. The van der Waals surface area contributed by atoms with Crippen LogP contribution in [0.5, 0.6) is 0 Å². The van der Waals surface area contributed by atoms with Crippen LogP contribution in [0.3, 0.4) is 0 Å². The van der Waals surface area contributed by atoms with Crippen molar-refractivity contribution in [2.45, 2.75) is 40.7 Å². The standard InChI is InChI=1S/C12H24ClNO2/c1-6-16-7-10(9(2)3)14-11(15)12(4,5)8-13/h9-10H,6-8H2,1-5H3,(H,14,15). The number of ether oxygens (including phenoxy) is 1. The zero-order valence-electron chi connectivity index (χ0n) is 11.0. The molecule has 96 valence electrons. The topological polar surface area (TPSA) is 38.3 Å². The fraction of sp³-hybridized carbons (Fsp3) is 0.917. The molecule has 4 heteroatoms. The molecule has 0 saturated carbocycles. The summed E-state index contributed by atoms with van der Waals surface area (Å²) < 4.78 is 5.36. The molecule has 0 bridgehead atoms. The number of rotatable bonds is 7. The van der Waals surface area contributed by atoms with Gasteiger partial charge in [-0.3, -0.25) is 4.79 Å². The van der Waals surface area contributed by atoms with Gasteiger partial charge in [0.15, 0.2) is 0 Å². The minimum absolute atomic E-state index is 0.0131. The molecule has 1 N–H and O–H groups in total. The third-order valence-electron chi connectivity index (χ3n) is 2.57. The van der Waals surface area contributed by atoms with Crippen molar-refractivity contribution < 1.29 is 9.53 Å². The predicted molar refractivity (Wildman–Crippen MR) is 67.8 cm³/mol. The Kier molecular flexibility index (Phi) is 7.00. The highest BCUT2D eigenvalue weighted by Gasteiger charge is 2.29. The number of carbonyl (C=O) groups is 1. The molecule has 0 fully saturated rings. The van der Waals surface area contributed by atoms with Gasteiger partial charge in [0.05, 0.1) is 18.1 Å². The Bertz CT molecular complexity index is 217. The van der Waals surface area contributed by atoms with Crippen molar-refractivity contribution in [2.24, 2.45) is 11.3 Å². The number of alkyl halides is 1. The van der Waals surface area contributed by atoms with Crippen LogP contribution >= 0.6 is 11.6 Å². The molecule has 0 aliphatic carbocycles. The summed E-state index contributed by atoms with van der Waals surface area (Å²) in [6.45, 7) is 11.0. The molecule has 1 atom stereocenters. The number of carbonyl (C=O) groups excluding carboxylic acids is 1. The largest absolute Gasteiger partial charge is 0.380 e. The molecule has 1 unspecified atom stereocenters. The minimum Gasteiger partial charge on any atom is -0.380 e. The molecular weight excluding hydrogens is 226 g/mol. The molecule has 0 heterocycles. The molecule has 0 radical (unpaired) electrons. The summed E-state index contributed by atoms with van der Waals surface area (Å²) >= 11 is 5.76. The number of amides is 1. The van der Waals surface area contributed by atoms with Gasteiger partial charge in [0, 0.05) is 12.5 Å². The maximum atomic E-state index is 11.9. The number of halogens is 1. The second kappa shape index (κ2) is 7.13. The Morgan fingerprint density at radius 1 is 1.44 bits per heavy atom. The molecule has 0 aromatic heterocycles. The van der Waals surface area contributed by atoms with E-state index in [0.29, 0.717) is 25.0 Å². The Labute approximate surface area is 104 Å². The van der Waals surface area contributed by atoms with E-state index in [1.165, 1.54) is 0 Å². The molecule has 0 saturated heterocycles. The number of hydrogen-bond acceptors (Lipinski definition) is 2. The molecular formula is C12H24ClNO2. The molecule has 16 heavy (non-hydrogen) atoms. The summed E-state index contributed by atoms with van der Waals surface area (Å²) in [7, 11) is 0. The van der Waals surface area contributed by atoms with E-state index in [0.717, 1.165) is 0 Å². The molecule has 0 aliphatic rings. The molecule has 0 aliphatic heterocycles. The van der Waals surface area contributed by atoms with Gasteiger partial charge in [0.25, 0.3) is 0 Å². The first-order valence-electron chi connectivity index (χ1n) is 5.79. The van der Waals surface area contributed by atoms with Crippen LogP contribution in [0.15, 0.2) is 0 Å². The van der Waals surface area contributed by atoms with E-state index in [1.807, 2.05) is 20.8 Å². The minimum atomic E-state index is -0.527. The van der Waals surface area contributed by atoms with Gasteiger partial charge in [-0.05, 0) is 26.7 Å². The predicted octanol–water partition coefficient (Wildman–Crippen LogP) is 2.43. The van der Waals surface area contributed by atoms with Gasteiger partial charge in [-0.2, -0.15) is 0 Å². The number of nitrogens with one attached hydrogen (secondary N) is 1. The van der Waals surface area contributed by atoms with E-state index < -0.39 is 5.41 Å². The first kappa shape index (κ1) is 15.7. The van der Waals surface area contributed by atoms with Gasteiger partial charge in [0.1, 0.15) is 0 Å². The summed E-state index contributed by atoms with van der Waals surface area (Å²) in [6.07, 6.45) is 0. The van der Waals surface area contributed by atoms with Crippen LogP contribution < -0.4 is 5.32 Å². The lowest BCUT2D eigenvalue weighted by molar-refractivity contribution is -0.129. The van der Waals surface area contributed by atoms with Crippen LogP contribution in [-0.2, 0) is 9.53 Å². The maximum Gasteiger partial charge on any atom is 0.227 e. The Hall–Kier alpha value is -0.280. The lowest BCUT2D eigenvalue weighted by atomic mass is 9.93. The van der Waals surface area contributed by atoms with Crippen LogP contribution in [-0.4, -0.2) is 31.0 Å². The summed E-state index contributed by atoms with van der Waals surface area (Å²) in [4.78, 5) is 11.9. The lowest BCUT2D eigenvalue weighted by Gasteiger charge is -2.27. The zero-order chi connectivity index (χ0) is 12.8. The van der Waals surface area contributed by atoms with E-state index >= 15 is 0 Å². The van der Waals surface area contributed by atoms with Crippen molar-refractivity contribution in [2.75, 3.05) is 19.1 Å². The summed E-state index contributed by atoms with van der Waals surface area (Å²) in [6, 6.07) is 0.0509. The lowest BCUT2D eigenvalue weighted by Crippen LogP contribution is -2.48. The first-order chi connectivity index (χ1) is 7.35. The van der Waals surface area contributed by atoms with Crippen molar-refractivity contribution in [3.05, 3.63) is 0 Å². The molecule has 3 nitrogen and oxygen atoms in total. The van der Waals surface area contributed by atoms with Gasteiger partial charge in [-0.25, -0.2) is 0 Å². The smallest absolute Gasteiger partial charge is 0.227 e. The third kappa shape index (κ3) is 5.17. The summed E-state index contributed by atoms with van der Waals surface area (Å²) in [5.74, 6) is 0.653. The SMILES string of the molecule is CCOCC(NC(=O)C(C)(C)CCl)C(C)C. The van der Waals surface area contributed by atoms with E-state index in [-0.39, 0.29) is 11.9 Å². The molecule has 0 aromatic rings. The van der Waals surface area contributed by atoms with Gasteiger partial charge >= 0.3 is 0 Å². The quantitative estimate of drug-likeness (QED) is 0.704. The Morgan fingerprint density at radius 3 is 2.38 bits per heavy atom. The molecule has 0 aromatic carbocycles. The number of hydrogen-bond donors (Lipinski definition) is 1. The third-order valence-corrected chi connectivity index (χ3v) is 3.24. The van der Waals surface area contributed by atoms with Crippen molar-refractivity contribution in [1.82, 2.24) is 5.32 Å². The average Bonchev–Trinajstić information content (AvgIpc) is 2.23. The fourth-order valence-electron chi connectivity index (χ4n) is 1.07. The Balaban J connectivity index is 4.34. The van der Waals surface area contributed by atoms with Crippen LogP contribution in [0.4, 0.5) is 0 Å². The van der Waals surface area contributed by atoms with Crippen LogP contribution in [0, 0.1) is 11.3 Å². The second-order valence-corrected chi connectivity index (χ2v) is 5.27. The fourth-order valence-corrected chi connectivity index (χ4v) is 1.19.